The van der Waals surface area contributed by atoms with E-state index in [1.807, 2.05) is 6.07 Å². The standard InChI is InChI=1S/C41H27Cl/c42-39-25-24-31(30-23-22-28-12-7-8-13-29(28)26-30)27-36(39)34-19-11-21-38-40(34)35-18-9-10-20-37(35)41(38,32-14-3-1-4-15-32)33-16-5-2-6-17-33/h1-27H. The van der Waals surface area contributed by atoms with Crippen LogP contribution in [0.2, 0.25) is 5.02 Å². The van der Waals surface area contributed by atoms with E-state index in [9.17, 15) is 0 Å². The smallest absolute Gasteiger partial charge is 0.0713 e. The van der Waals surface area contributed by atoms with E-state index in [0.29, 0.717) is 0 Å². The Labute approximate surface area is 251 Å². The molecule has 0 nitrogen and oxygen atoms in total. The fraction of sp³-hybridized carbons (Fsp3) is 0.0244. The van der Waals surface area contributed by atoms with Crippen LogP contribution >= 0.6 is 11.6 Å². The second kappa shape index (κ2) is 9.87. The van der Waals surface area contributed by atoms with Gasteiger partial charge in [0.2, 0.25) is 0 Å². The molecule has 0 spiro atoms. The first-order valence-electron chi connectivity index (χ1n) is 14.4. The SMILES string of the molecule is Clc1ccc(-c2ccc3ccccc3c2)cc1-c1cccc2c1-c1ccccc1C2(c1ccccc1)c1ccccc1. The van der Waals surface area contributed by atoms with Crippen LogP contribution < -0.4 is 0 Å². The summed E-state index contributed by atoms with van der Waals surface area (Å²) in [5.41, 5.74) is 11.7. The Morgan fingerprint density at radius 2 is 0.952 bits per heavy atom. The maximum atomic E-state index is 7.05. The van der Waals surface area contributed by atoms with Crippen LogP contribution in [0.15, 0.2) is 164 Å². The predicted octanol–water partition coefficient (Wildman–Crippen LogP) is 11.2. The van der Waals surface area contributed by atoms with Gasteiger partial charge in [-0.15, -0.1) is 0 Å². The molecule has 0 unspecified atom stereocenters. The van der Waals surface area contributed by atoms with Gasteiger partial charge < -0.3 is 0 Å². The third-order valence-electron chi connectivity index (χ3n) is 8.82. The number of rotatable bonds is 4. The lowest BCUT2D eigenvalue weighted by molar-refractivity contribution is 0.768. The van der Waals surface area contributed by atoms with Crippen LogP contribution in [0.5, 0.6) is 0 Å². The topological polar surface area (TPSA) is 0 Å². The lowest BCUT2D eigenvalue weighted by Crippen LogP contribution is -2.28. The molecule has 0 atom stereocenters. The molecule has 0 heterocycles. The highest BCUT2D eigenvalue weighted by Crippen LogP contribution is 2.58. The molecule has 0 aliphatic heterocycles. The molecular weight excluding hydrogens is 528 g/mol. The highest BCUT2D eigenvalue weighted by atomic mass is 35.5. The summed E-state index contributed by atoms with van der Waals surface area (Å²) in [7, 11) is 0. The second-order valence-corrected chi connectivity index (χ2v) is 11.4. The molecule has 0 amide bonds. The molecule has 0 radical (unpaired) electrons. The van der Waals surface area contributed by atoms with Crippen molar-refractivity contribution in [3.63, 3.8) is 0 Å². The molecule has 1 aliphatic carbocycles. The molecule has 1 aliphatic rings. The monoisotopic (exact) mass is 554 g/mol. The van der Waals surface area contributed by atoms with E-state index in [2.05, 4.69) is 158 Å². The molecule has 1 heteroatoms. The predicted molar refractivity (Wildman–Crippen MR) is 177 cm³/mol. The Morgan fingerprint density at radius 3 is 1.71 bits per heavy atom. The first-order valence-corrected chi connectivity index (χ1v) is 14.8. The van der Waals surface area contributed by atoms with Crippen molar-refractivity contribution in [1.82, 2.24) is 0 Å². The molecule has 7 aromatic rings. The summed E-state index contributed by atoms with van der Waals surface area (Å²) in [6.07, 6.45) is 0. The number of halogens is 1. The van der Waals surface area contributed by atoms with Crippen LogP contribution in [-0.2, 0) is 5.41 Å². The van der Waals surface area contributed by atoms with Gasteiger partial charge in [-0.25, -0.2) is 0 Å². The fourth-order valence-electron chi connectivity index (χ4n) is 7.00. The first kappa shape index (κ1) is 24.9. The second-order valence-electron chi connectivity index (χ2n) is 11.0. The zero-order valence-corrected chi connectivity index (χ0v) is 23.7. The van der Waals surface area contributed by atoms with Gasteiger partial charge in [0.1, 0.15) is 0 Å². The Kier molecular flexibility index (Phi) is 5.84. The van der Waals surface area contributed by atoms with Crippen molar-refractivity contribution in [2.75, 3.05) is 0 Å². The highest BCUT2D eigenvalue weighted by molar-refractivity contribution is 6.33. The van der Waals surface area contributed by atoms with Gasteiger partial charge in [0, 0.05) is 10.6 Å². The van der Waals surface area contributed by atoms with Crippen LogP contribution in [0, 0.1) is 0 Å². The van der Waals surface area contributed by atoms with Crippen LogP contribution in [0.4, 0.5) is 0 Å². The van der Waals surface area contributed by atoms with E-state index >= 15 is 0 Å². The van der Waals surface area contributed by atoms with Gasteiger partial charge in [-0.1, -0.05) is 157 Å². The average molecular weight is 555 g/mol. The first-order chi connectivity index (χ1) is 20.7. The van der Waals surface area contributed by atoms with Gasteiger partial charge in [0.15, 0.2) is 0 Å². The van der Waals surface area contributed by atoms with E-state index in [0.717, 1.165) is 21.7 Å². The number of fused-ring (bicyclic) bond motifs is 4. The van der Waals surface area contributed by atoms with Gasteiger partial charge in [-0.3, -0.25) is 0 Å². The zero-order chi connectivity index (χ0) is 28.1. The summed E-state index contributed by atoms with van der Waals surface area (Å²) in [4.78, 5) is 0. The lowest BCUT2D eigenvalue weighted by Gasteiger charge is -2.34. The van der Waals surface area contributed by atoms with E-state index in [1.165, 1.54) is 49.7 Å². The van der Waals surface area contributed by atoms with Gasteiger partial charge in [-0.2, -0.15) is 0 Å². The minimum Gasteiger partial charge on any atom is -0.0837 e. The maximum absolute atomic E-state index is 7.05. The van der Waals surface area contributed by atoms with E-state index in [1.54, 1.807) is 0 Å². The van der Waals surface area contributed by atoms with Crippen molar-refractivity contribution in [1.29, 1.82) is 0 Å². The average Bonchev–Trinajstić information content (AvgIpc) is 3.37. The van der Waals surface area contributed by atoms with Gasteiger partial charge in [-0.05, 0) is 79.0 Å². The molecular formula is C41H27Cl. The Morgan fingerprint density at radius 1 is 0.381 bits per heavy atom. The minimum atomic E-state index is -0.438. The van der Waals surface area contributed by atoms with E-state index in [-0.39, 0.29) is 0 Å². The summed E-state index contributed by atoms with van der Waals surface area (Å²) in [5.74, 6) is 0. The maximum Gasteiger partial charge on any atom is 0.0713 e. The summed E-state index contributed by atoms with van der Waals surface area (Å²) in [6, 6.07) is 59.1. The van der Waals surface area contributed by atoms with Crippen molar-refractivity contribution in [3.8, 4) is 33.4 Å². The zero-order valence-electron chi connectivity index (χ0n) is 23.0. The highest BCUT2D eigenvalue weighted by Gasteiger charge is 2.46. The molecule has 0 N–H and O–H groups in total. The Balaban J connectivity index is 1.41. The molecule has 42 heavy (non-hydrogen) atoms. The molecule has 0 fully saturated rings. The fourth-order valence-corrected chi connectivity index (χ4v) is 7.22. The number of hydrogen-bond donors (Lipinski definition) is 0. The summed E-state index contributed by atoms with van der Waals surface area (Å²) in [6.45, 7) is 0. The normalized spacial score (nSPS) is 13.1. The van der Waals surface area contributed by atoms with Crippen LogP contribution in [-0.4, -0.2) is 0 Å². The van der Waals surface area contributed by atoms with E-state index < -0.39 is 5.41 Å². The Hall–Kier alpha value is -4.91. The quantitative estimate of drug-likeness (QED) is 0.203. The van der Waals surface area contributed by atoms with Gasteiger partial charge in [0.05, 0.1) is 5.41 Å². The molecule has 0 aromatic heterocycles. The summed E-state index contributed by atoms with van der Waals surface area (Å²) < 4.78 is 0. The molecule has 8 rings (SSSR count). The third-order valence-corrected chi connectivity index (χ3v) is 9.15. The number of hydrogen-bond acceptors (Lipinski definition) is 0. The molecule has 7 aromatic carbocycles. The van der Waals surface area contributed by atoms with Gasteiger partial charge in [0.25, 0.3) is 0 Å². The summed E-state index contributed by atoms with van der Waals surface area (Å²) in [5, 5.41) is 3.23. The Bertz CT molecular complexity index is 2050. The van der Waals surface area contributed by atoms with Crippen molar-refractivity contribution in [2.24, 2.45) is 0 Å². The molecule has 0 bridgehead atoms. The molecule has 198 valence electrons. The third kappa shape index (κ3) is 3.69. The van der Waals surface area contributed by atoms with Crippen molar-refractivity contribution < 1.29 is 0 Å². The van der Waals surface area contributed by atoms with Crippen molar-refractivity contribution >= 4 is 22.4 Å². The van der Waals surface area contributed by atoms with Gasteiger partial charge >= 0.3 is 0 Å². The van der Waals surface area contributed by atoms with Crippen LogP contribution in [0.25, 0.3) is 44.2 Å². The van der Waals surface area contributed by atoms with E-state index in [4.69, 9.17) is 11.6 Å². The van der Waals surface area contributed by atoms with Crippen LogP contribution in [0.3, 0.4) is 0 Å². The summed E-state index contributed by atoms with van der Waals surface area (Å²) >= 11 is 7.05. The molecule has 0 saturated carbocycles. The van der Waals surface area contributed by atoms with Crippen molar-refractivity contribution in [3.05, 3.63) is 191 Å². The lowest BCUT2D eigenvalue weighted by atomic mass is 9.67. The van der Waals surface area contributed by atoms with Crippen molar-refractivity contribution in [2.45, 2.75) is 5.41 Å². The number of benzene rings is 7. The minimum absolute atomic E-state index is 0.438. The molecule has 0 saturated heterocycles. The van der Waals surface area contributed by atoms with Crippen LogP contribution in [0.1, 0.15) is 22.3 Å². The largest absolute Gasteiger partial charge is 0.0837 e.